The van der Waals surface area contributed by atoms with E-state index in [9.17, 15) is 0 Å². The molecule has 0 bridgehead atoms. The van der Waals surface area contributed by atoms with Gasteiger partial charge in [-0.2, -0.15) is 0 Å². The van der Waals surface area contributed by atoms with Gasteiger partial charge >= 0.3 is 0 Å². The maximum atomic E-state index is 6.26. The molecule has 112 valence electrons. The van der Waals surface area contributed by atoms with Gasteiger partial charge in [0, 0.05) is 10.5 Å². The molecule has 0 saturated carbocycles. The summed E-state index contributed by atoms with van der Waals surface area (Å²) in [5, 5.41) is 0. The van der Waals surface area contributed by atoms with Crippen molar-refractivity contribution in [1.82, 2.24) is 0 Å². The third-order valence-corrected chi connectivity index (χ3v) is 3.85. The first kappa shape index (κ1) is 15.9. The Kier molecular flexibility index (Phi) is 5.65. The molecule has 2 aromatic carbocycles. The Balaban J connectivity index is 2.33. The van der Waals surface area contributed by atoms with Crippen molar-refractivity contribution in [2.75, 3.05) is 7.11 Å². The summed E-state index contributed by atoms with van der Waals surface area (Å²) in [5.41, 5.74) is 7.30. The van der Waals surface area contributed by atoms with Crippen LogP contribution in [0, 0.1) is 0 Å². The molecule has 2 rings (SSSR count). The van der Waals surface area contributed by atoms with Crippen LogP contribution in [0.1, 0.15) is 25.0 Å². The summed E-state index contributed by atoms with van der Waals surface area (Å²) < 4.78 is 12.5. The van der Waals surface area contributed by atoms with Gasteiger partial charge in [-0.1, -0.05) is 47.1 Å². The van der Waals surface area contributed by atoms with E-state index in [-0.39, 0.29) is 12.1 Å². The number of ether oxygens (including phenoxy) is 2. The highest BCUT2D eigenvalue weighted by Crippen LogP contribution is 2.33. The summed E-state index contributed by atoms with van der Waals surface area (Å²) in [6.45, 7) is 2.06. The molecule has 21 heavy (non-hydrogen) atoms. The van der Waals surface area contributed by atoms with Crippen LogP contribution < -0.4 is 15.2 Å². The molecule has 4 heteroatoms. The number of rotatable bonds is 6. The number of halogens is 1. The standard InChI is InChI=1S/C17H20BrNO2/c1-3-14(19)17(12-7-6-8-13(18)11-12)21-16-10-5-4-9-15(16)20-2/h4-11,14,17H,3,19H2,1-2H3. The molecule has 3 nitrogen and oxygen atoms in total. The van der Waals surface area contributed by atoms with Crippen molar-refractivity contribution in [2.24, 2.45) is 5.73 Å². The second-order valence-electron chi connectivity index (χ2n) is 4.82. The lowest BCUT2D eigenvalue weighted by molar-refractivity contribution is 0.164. The predicted molar refractivity (Wildman–Crippen MR) is 88.8 cm³/mol. The van der Waals surface area contributed by atoms with Crippen LogP contribution in [0.2, 0.25) is 0 Å². The van der Waals surface area contributed by atoms with Gasteiger partial charge in [-0.15, -0.1) is 0 Å². The van der Waals surface area contributed by atoms with Crippen LogP contribution in [0.5, 0.6) is 11.5 Å². The third-order valence-electron chi connectivity index (χ3n) is 3.36. The minimum Gasteiger partial charge on any atom is -0.493 e. The number of benzene rings is 2. The minimum atomic E-state index is -0.219. The van der Waals surface area contributed by atoms with Gasteiger partial charge in [-0.05, 0) is 36.2 Å². The summed E-state index contributed by atoms with van der Waals surface area (Å²) in [7, 11) is 1.63. The fourth-order valence-electron chi connectivity index (χ4n) is 2.15. The molecule has 0 aliphatic carbocycles. The number of para-hydroxylation sites is 2. The van der Waals surface area contributed by atoms with Gasteiger partial charge in [0.05, 0.1) is 7.11 Å². The summed E-state index contributed by atoms with van der Waals surface area (Å²) in [6, 6.07) is 15.6. The van der Waals surface area contributed by atoms with Crippen molar-refractivity contribution in [1.29, 1.82) is 0 Å². The molecule has 0 radical (unpaired) electrons. The largest absolute Gasteiger partial charge is 0.493 e. The summed E-state index contributed by atoms with van der Waals surface area (Å²) in [4.78, 5) is 0. The van der Waals surface area contributed by atoms with Crippen molar-refractivity contribution >= 4 is 15.9 Å². The van der Waals surface area contributed by atoms with E-state index in [2.05, 4.69) is 22.9 Å². The van der Waals surface area contributed by atoms with E-state index in [0.29, 0.717) is 11.5 Å². The first-order chi connectivity index (χ1) is 10.2. The van der Waals surface area contributed by atoms with Gasteiger partial charge in [0.1, 0.15) is 6.10 Å². The van der Waals surface area contributed by atoms with Crippen molar-refractivity contribution in [3.8, 4) is 11.5 Å². The quantitative estimate of drug-likeness (QED) is 0.844. The van der Waals surface area contributed by atoms with Gasteiger partial charge in [-0.3, -0.25) is 0 Å². The Morgan fingerprint density at radius 3 is 2.43 bits per heavy atom. The van der Waals surface area contributed by atoms with E-state index in [4.69, 9.17) is 15.2 Å². The number of nitrogens with two attached hydrogens (primary N) is 1. The number of methoxy groups -OCH3 is 1. The second-order valence-corrected chi connectivity index (χ2v) is 5.73. The molecule has 2 unspecified atom stereocenters. The lowest BCUT2D eigenvalue weighted by atomic mass is 10.0. The molecule has 0 heterocycles. The zero-order valence-electron chi connectivity index (χ0n) is 12.3. The topological polar surface area (TPSA) is 44.5 Å². The smallest absolute Gasteiger partial charge is 0.162 e. The monoisotopic (exact) mass is 349 g/mol. The Morgan fingerprint density at radius 2 is 1.81 bits per heavy atom. The van der Waals surface area contributed by atoms with Crippen molar-refractivity contribution in [3.63, 3.8) is 0 Å². The summed E-state index contributed by atoms with van der Waals surface area (Å²) >= 11 is 3.49. The molecule has 2 atom stereocenters. The number of hydrogen-bond acceptors (Lipinski definition) is 3. The van der Waals surface area contributed by atoms with Gasteiger partial charge in [0.15, 0.2) is 11.5 Å². The van der Waals surface area contributed by atoms with Crippen LogP contribution in [0.25, 0.3) is 0 Å². The molecule has 2 N–H and O–H groups in total. The second kappa shape index (κ2) is 7.48. The lowest BCUT2D eigenvalue weighted by Gasteiger charge is -2.25. The van der Waals surface area contributed by atoms with Crippen LogP contribution in [0.4, 0.5) is 0 Å². The first-order valence-corrected chi connectivity index (χ1v) is 7.75. The highest BCUT2D eigenvalue weighted by Gasteiger charge is 2.22. The zero-order chi connectivity index (χ0) is 15.2. The van der Waals surface area contributed by atoms with Gasteiger partial charge in [0.25, 0.3) is 0 Å². The van der Waals surface area contributed by atoms with Crippen molar-refractivity contribution in [2.45, 2.75) is 25.5 Å². The maximum Gasteiger partial charge on any atom is 0.162 e. The fourth-order valence-corrected chi connectivity index (χ4v) is 2.57. The van der Waals surface area contributed by atoms with E-state index in [0.717, 1.165) is 16.5 Å². The first-order valence-electron chi connectivity index (χ1n) is 6.96. The summed E-state index contributed by atoms with van der Waals surface area (Å²) in [5.74, 6) is 1.41. The predicted octanol–water partition coefficient (Wildman–Crippen LogP) is 4.32. The zero-order valence-corrected chi connectivity index (χ0v) is 13.8. The van der Waals surface area contributed by atoms with E-state index >= 15 is 0 Å². The average molecular weight is 350 g/mol. The lowest BCUT2D eigenvalue weighted by Crippen LogP contribution is -2.31. The summed E-state index contributed by atoms with van der Waals surface area (Å²) in [6.07, 6.45) is 0.607. The van der Waals surface area contributed by atoms with Crippen LogP contribution in [-0.2, 0) is 0 Å². The molecular formula is C17H20BrNO2. The van der Waals surface area contributed by atoms with Crippen LogP contribution in [0.3, 0.4) is 0 Å². The van der Waals surface area contributed by atoms with E-state index in [1.165, 1.54) is 0 Å². The molecular weight excluding hydrogens is 330 g/mol. The minimum absolute atomic E-state index is 0.0933. The van der Waals surface area contributed by atoms with E-state index in [1.54, 1.807) is 7.11 Å². The van der Waals surface area contributed by atoms with Crippen molar-refractivity contribution in [3.05, 3.63) is 58.6 Å². The Bertz CT molecular complexity index is 589. The van der Waals surface area contributed by atoms with Crippen LogP contribution in [-0.4, -0.2) is 13.2 Å². The molecule has 0 saturated heterocycles. The normalized spacial score (nSPS) is 13.5. The van der Waals surface area contributed by atoms with E-state index in [1.807, 2.05) is 48.5 Å². The average Bonchev–Trinajstić information content (AvgIpc) is 2.52. The van der Waals surface area contributed by atoms with E-state index < -0.39 is 0 Å². The van der Waals surface area contributed by atoms with Gasteiger partial charge in [-0.25, -0.2) is 0 Å². The highest BCUT2D eigenvalue weighted by atomic mass is 79.9. The molecule has 0 aliphatic rings. The Hall–Kier alpha value is -1.52. The maximum absolute atomic E-state index is 6.26. The molecule has 0 aliphatic heterocycles. The molecule has 2 aromatic rings. The third kappa shape index (κ3) is 3.99. The van der Waals surface area contributed by atoms with Gasteiger partial charge in [0.2, 0.25) is 0 Å². The van der Waals surface area contributed by atoms with Gasteiger partial charge < -0.3 is 15.2 Å². The van der Waals surface area contributed by atoms with Crippen LogP contribution in [0.15, 0.2) is 53.0 Å². The van der Waals surface area contributed by atoms with Crippen LogP contribution >= 0.6 is 15.9 Å². The Labute approximate surface area is 134 Å². The molecule has 0 spiro atoms. The molecule has 0 fully saturated rings. The highest BCUT2D eigenvalue weighted by molar-refractivity contribution is 9.10. The SMILES string of the molecule is CCC(N)C(Oc1ccccc1OC)c1cccc(Br)c1. The van der Waals surface area contributed by atoms with Crippen molar-refractivity contribution < 1.29 is 9.47 Å². The molecule has 0 aromatic heterocycles. The molecule has 0 amide bonds. The fraction of sp³-hybridized carbons (Fsp3) is 0.294. The number of hydrogen-bond donors (Lipinski definition) is 1. The Morgan fingerprint density at radius 1 is 1.10 bits per heavy atom.